The van der Waals surface area contributed by atoms with Gasteiger partial charge in [-0.25, -0.2) is 0 Å². The number of nitrogens with zero attached hydrogens (tertiary/aromatic N) is 1. The molecule has 0 aliphatic carbocycles. The van der Waals surface area contributed by atoms with Gasteiger partial charge >= 0.3 is 0 Å². The average Bonchev–Trinajstić information content (AvgIpc) is 2.29. The summed E-state index contributed by atoms with van der Waals surface area (Å²) in [6, 6.07) is 11.4. The Labute approximate surface area is 93.1 Å². The summed E-state index contributed by atoms with van der Waals surface area (Å²) in [4.78, 5) is 4.03. The molecule has 0 fully saturated rings. The van der Waals surface area contributed by atoms with Crippen LogP contribution in [0.5, 0.6) is 0 Å². The summed E-state index contributed by atoms with van der Waals surface area (Å²) in [5.74, 6) is 0. The third-order valence-corrected chi connectivity index (χ3v) is 2.32. The molecule has 1 aromatic carbocycles. The number of aromatic nitrogens is 1. The van der Waals surface area contributed by atoms with Gasteiger partial charge < -0.3 is 5.41 Å². The second-order valence-corrected chi connectivity index (χ2v) is 3.56. The fraction of sp³-hybridized carbons (Fsp3) is 0. The summed E-state index contributed by atoms with van der Waals surface area (Å²) in [5.41, 5.74) is 2.70. The normalized spacial score (nSPS) is 9.93. The van der Waals surface area contributed by atoms with Gasteiger partial charge in [0.1, 0.15) is 0 Å². The molecule has 0 amide bonds. The van der Waals surface area contributed by atoms with Crippen molar-refractivity contribution in [3.63, 3.8) is 0 Å². The molecule has 2 nitrogen and oxygen atoms in total. The van der Waals surface area contributed by atoms with Crippen molar-refractivity contribution in [2.45, 2.75) is 0 Å². The zero-order valence-electron chi connectivity index (χ0n) is 7.94. The van der Waals surface area contributed by atoms with Gasteiger partial charge in [0.15, 0.2) is 0 Å². The number of pyridine rings is 1. The van der Waals surface area contributed by atoms with E-state index in [1.54, 1.807) is 6.20 Å². The number of benzene rings is 1. The van der Waals surface area contributed by atoms with Gasteiger partial charge in [0.05, 0.1) is 5.69 Å². The largest absolute Gasteiger partial charge is 0.307 e. The highest BCUT2D eigenvalue weighted by atomic mass is 35.5. The van der Waals surface area contributed by atoms with Crippen molar-refractivity contribution < 1.29 is 0 Å². The van der Waals surface area contributed by atoms with Crippen LogP contribution in [0.4, 0.5) is 0 Å². The van der Waals surface area contributed by atoms with E-state index < -0.39 is 0 Å². The lowest BCUT2D eigenvalue weighted by molar-refractivity contribution is 1.29. The molecule has 1 aromatic heterocycles. The molecule has 1 heterocycles. The molecule has 0 radical (unpaired) electrons. The van der Waals surface area contributed by atoms with Crippen molar-refractivity contribution in [2.75, 3.05) is 0 Å². The van der Waals surface area contributed by atoms with E-state index in [4.69, 9.17) is 17.0 Å². The first kappa shape index (κ1) is 9.87. The van der Waals surface area contributed by atoms with Gasteiger partial charge in [-0.3, -0.25) is 4.98 Å². The molecule has 0 aliphatic rings. The second-order valence-electron chi connectivity index (χ2n) is 3.12. The first-order valence-corrected chi connectivity index (χ1v) is 4.90. The highest BCUT2D eigenvalue weighted by Crippen LogP contribution is 2.22. The van der Waals surface area contributed by atoms with Crippen LogP contribution in [0.2, 0.25) is 5.02 Å². The fourth-order valence-corrected chi connectivity index (χ4v) is 1.57. The standard InChI is InChI=1S/C12H9ClN2/c13-11-3-1-2-9(6-11)10-4-5-15-12(7-10)8-14/h1-8,14H. The van der Waals surface area contributed by atoms with Gasteiger partial charge in [0, 0.05) is 17.4 Å². The third kappa shape index (κ3) is 2.22. The molecule has 0 saturated carbocycles. The lowest BCUT2D eigenvalue weighted by Crippen LogP contribution is -1.86. The minimum atomic E-state index is 0.646. The minimum Gasteiger partial charge on any atom is -0.307 e. The lowest BCUT2D eigenvalue weighted by Gasteiger charge is -2.02. The molecule has 3 heteroatoms. The van der Waals surface area contributed by atoms with Gasteiger partial charge in [-0.05, 0) is 35.4 Å². The molecule has 0 unspecified atom stereocenters. The van der Waals surface area contributed by atoms with Gasteiger partial charge in [-0.1, -0.05) is 23.7 Å². The Morgan fingerprint density at radius 2 is 1.93 bits per heavy atom. The first-order chi connectivity index (χ1) is 7.29. The van der Waals surface area contributed by atoms with Crippen LogP contribution in [0.15, 0.2) is 42.6 Å². The van der Waals surface area contributed by atoms with Crippen molar-refractivity contribution in [1.82, 2.24) is 4.98 Å². The molecule has 1 N–H and O–H groups in total. The molecular weight excluding hydrogens is 208 g/mol. The van der Waals surface area contributed by atoms with Crippen LogP contribution in [-0.2, 0) is 0 Å². The second kappa shape index (κ2) is 4.24. The predicted molar refractivity (Wildman–Crippen MR) is 62.6 cm³/mol. The summed E-state index contributed by atoms with van der Waals surface area (Å²) in [5, 5.41) is 7.84. The van der Waals surface area contributed by atoms with E-state index in [0.717, 1.165) is 11.1 Å². The molecule has 0 atom stereocenters. The summed E-state index contributed by atoms with van der Waals surface area (Å²) in [7, 11) is 0. The molecular formula is C12H9ClN2. The van der Waals surface area contributed by atoms with E-state index in [1.165, 1.54) is 6.21 Å². The molecule has 2 rings (SSSR count). The summed E-state index contributed by atoms with van der Waals surface area (Å²) < 4.78 is 0. The van der Waals surface area contributed by atoms with E-state index in [-0.39, 0.29) is 0 Å². The summed E-state index contributed by atoms with van der Waals surface area (Å²) in [6.45, 7) is 0. The first-order valence-electron chi connectivity index (χ1n) is 4.52. The number of nitrogens with one attached hydrogen (secondary N) is 1. The van der Waals surface area contributed by atoms with Crippen LogP contribution in [-0.4, -0.2) is 11.2 Å². The van der Waals surface area contributed by atoms with Crippen molar-refractivity contribution in [2.24, 2.45) is 0 Å². The van der Waals surface area contributed by atoms with E-state index in [1.807, 2.05) is 36.4 Å². The lowest BCUT2D eigenvalue weighted by atomic mass is 10.1. The Morgan fingerprint density at radius 3 is 2.67 bits per heavy atom. The van der Waals surface area contributed by atoms with Crippen molar-refractivity contribution in [3.05, 3.63) is 53.3 Å². The third-order valence-electron chi connectivity index (χ3n) is 2.09. The SMILES string of the molecule is N=Cc1cc(-c2cccc(Cl)c2)ccn1. The molecule has 0 spiro atoms. The molecule has 15 heavy (non-hydrogen) atoms. The van der Waals surface area contributed by atoms with Gasteiger partial charge in [-0.2, -0.15) is 0 Å². The zero-order valence-corrected chi connectivity index (χ0v) is 8.70. The van der Waals surface area contributed by atoms with Crippen LogP contribution in [0, 0.1) is 5.41 Å². The zero-order chi connectivity index (χ0) is 10.7. The number of hydrogen-bond acceptors (Lipinski definition) is 2. The smallest absolute Gasteiger partial charge is 0.0811 e. The Hall–Kier alpha value is -1.67. The van der Waals surface area contributed by atoms with E-state index in [9.17, 15) is 0 Å². The van der Waals surface area contributed by atoms with Crippen LogP contribution in [0.25, 0.3) is 11.1 Å². The number of rotatable bonds is 2. The maximum atomic E-state index is 7.13. The van der Waals surface area contributed by atoms with Gasteiger partial charge in [0.25, 0.3) is 0 Å². The number of hydrogen-bond donors (Lipinski definition) is 1. The maximum absolute atomic E-state index is 7.13. The number of halogens is 1. The van der Waals surface area contributed by atoms with Crippen LogP contribution in [0.3, 0.4) is 0 Å². The van der Waals surface area contributed by atoms with Crippen molar-refractivity contribution in [1.29, 1.82) is 5.41 Å². The Morgan fingerprint density at radius 1 is 1.13 bits per heavy atom. The highest BCUT2D eigenvalue weighted by molar-refractivity contribution is 6.30. The average molecular weight is 217 g/mol. The molecule has 0 saturated heterocycles. The van der Waals surface area contributed by atoms with Crippen LogP contribution < -0.4 is 0 Å². The highest BCUT2D eigenvalue weighted by Gasteiger charge is 1.99. The quantitative estimate of drug-likeness (QED) is 0.768. The minimum absolute atomic E-state index is 0.646. The Balaban J connectivity index is 2.49. The van der Waals surface area contributed by atoms with Crippen molar-refractivity contribution >= 4 is 17.8 Å². The van der Waals surface area contributed by atoms with Gasteiger partial charge in [0.2, 0.25) is 0 Å². The van der Waals surface area contributed by atoms with E-state index in [0.29, 0.717) is 10.7 Å². The molecule has 0 aliphatic heterocycles. The van der Waals surface area contributed by atoms with Crippen LogP contribution >= 0.6 is 11.6 Å². The molecule has 74 valence electrons. The van der Waals surface area contributed by atoms with Crippen molar-refractivity contribution in [3.8, 4) is 11.1 Å². The van der Waals surface area contributed by atoms with E-state index in [2.05, 4.69) is 4.98 Å². The monoisotopic (exact) mass is 216 g/mol. The fourth-order valence-electron chi connectivity index (χ4n) is 1.37. The van der Waals surface area contributed by atoms with E-state index >= 15 is 0 Å². The maximum Gasteiger partial charge on any atom is 0.0811 e. The Bertz CT molecular complexity index is 494. The van der Waals surface area contributed by atoms with Crippen LogP contribution in [0.1, 0.15) is 5.69 Å². The Kier molecular flexibility index (Phi) is 2.79. The summed E-state index contributed by atoms with van der Waals surface area (Å²) in [6.07, 6.45) is 2.92. The molecule has 2 aromatic rings. The predicted octanol–water partition coefficient (Wildman–Crippen LogP) is 3.40. The summed E-state index contributed by atoms with van der Waals surface area (Å²) >= 11 is 5.91. The van der Waals surface area contributed by atoms with Gasteiger partial charge in [-0.15, -0.1) is 0 Å². The topological polar surface area (TPSA) is 36.7 Å². The molecule has 0 bridgehead atoms.